The van der Waals surface area contributed by atoms with Crippen molar-refractivity contribution in [2.75, 3.05) is 13.1 Å². The molecule has 3 N–H and O–H groups in total. The number of aromatic nitrogens is 2. The molecular weight excluding hydrogens is 192 g/mol. The highest BCUT2D eigenvalue weighted by atomic mass is 16.2. The van der Waals surface area contributed by atoms with Crippen molar-refractivity contribution in [3.63, 3.8) is 0 Å². The monoisotopic (exact) mass is 208 g/mol. The lowest BCUT2D eigenvalue weighted by Crippen LogP contribution is -2.25. The summed E-state index contributed by atoms with van der Waals surface area (Å²) in [6.45, 7) is 2.83. The van der Waals surface area contributed by atoms with Crippen LogP contribution in [0, 0.1) is 6.92 Å². The topological polar surface area (TPSA) is 72.9 Å². The summed E-state index contributed by atoms with van der Waals surface area (Å²) < 4.78 is 1.57. The first kappa shape index (κ1) is 11.5. The zero-order valence-corrected chi connectivity index (χ0v) is 9.03. The standard InChI is InChI=1S/C10H16N4O/c1-8-7-9(14(2)13-8)10(15)12-6-4-3-5-11/h3-4,7H,5-6,11H2,1-2H3,(H,12,15)/b4-3+. The van der Waals surface area contributed by atoms with Crippen molar-refractivity contribution in [3.8, 4) is 0 Å². The van der Waals surface area contributed by atoms with Gasteiger partial charge in [-0.05, 0) is 13.0 Å². The van der Waals surface area contributed by atoms with E-state index in [4.69, 9.17) is 5.73 Å². The molecule has 0 spiro atoms. The van der Waals surface area contributed by atoms with Gasteiger partial charge in [0, 0.05) is 20.1 Å². The third-order valence-corrected chi connectivity index (χ3v) is 1.92. The van der Waals surface area contributed by atoms with Crippen LogP contribution in [0.15, 0.2) is 18.2 Å². The van der Waals surface area contributed by atoms with Gasteiger partial charge in [-0.15, -0.1) is 0 Å². The third-order valence-electron chi connectivity index (χ3n) is 1.92. The van der Waals surface area contributed by atoms with Crippen LogP contribution in [-0.4, -0.2) is 28.8 Å². The smallest absolute Gasteiger partial charge is 0.269 e. The van der Waals surface area contributed by atoms with E-state index in [0.717, 1.165) is 5.69 Å². The molecule has 1 aromatic rings. The van der Waals surface area contributed by atoms with Crippen molar-refractivity contribution in [2.24, 2.45) is 12.8 Å². The second-order valence-corrected chi connectivity index (χ2v) is 3.21. The summed E-state index contributed by atoms with van der Waals surface area (Å²) in [5.41, 5.74) is 6.67. The minimum Gasteiger partial charge on any atom is -0.347 e. The molecule has 0 atom stereocenters. The fourth-order valence-electron chi connectivity index (χ4n) is 1.24. The Kier molecular flexibility index (Phi) is 4.05. The van der Waals surface area contributed by atoms with E-state index in [0.29, 0.717) is 18.8 Å². The van der Waals surface area contributed by atoms with Gasteiger partial charge in [0.1, 0.15) is 5.69 Å². The Morgan fingerprint density at radius 3 is 2.93 bits per heavy atom. The van der Waals surface area contributed by atoms with Crippen LogP contribution in [0.5, 0.6) is 0 Å². The average Bonchev–Trinajstić information content (AvgIpc) is 2.52. The molecule has 0 aliphatic carbocycles. The van der Waals surface area contributed by atoms with Gasteiger partial charge in [-0.3, -0.25) is 9.48 Å². The molecule has 0 radical (unpaired) electrons. The lowest BCUT2D eigenvalue weighted by atomic mass is 10.3. The van der Waals surface area contributed by atoms with Gasteiger partial charge in [-0.2, -0.15) is 5.10 Å². The lowest BCUT2D eigenvalue weighted by molar-refractivity contribution is 0.0948. The molecule has 1 heterocycles. The van der Waals surface area contributed by atoms with E-state index in [1.807, 2.05) is 13.0 Å². The Morgan fingerprint density at radius 1 is 1.67 bits per heavy atom. The maximum atomic E-state index is 11.6. The number of carbonyl (C=O) groups is 1. The normalized spacial score (nSPS) is 10.9. The molecule has 0 saturated heterocycles. The molecule has 15 heavy (non-hydrogen) atoms. The second-order valence-electron chi connectivity index (χ2n) is 3.21. The van der Waals surface area contributed by atoms with Crippen LogP contribution >= 0.6 is 0 Å². The summed E-state index contributed by atoms with van der Waals surface area (Å²) in [6.07, 6.45) is 3.62. The quantitative estimate of drug-likeness (QED) is 0.683. The molecule has 0 aromatic carbocycles. The van der Waals surface area contributed by atoms with E-state index < -0.39 is 0 Å². The molecule has 0 aliphatic heterocycles. The van der Waals surface area contributed by atoms with Crippen LogP contribution in [0.1, 0.15) is 16.2 Å². The van der Waals surface area contributed by atoms with Gasteiger partial charge in [0.25, 0.3) is 5.91 Å². The molecular formula is C10H16N4O. The van der Waals surface area contributed by atoms with Crippen LogP contribution in [0.3, 0.4) is 0 Å². The van der Waals surface area contributed by atoms with Crippen LogP contribution in [-0.2, 0) is 7.05 Å². The molecule has 0 aliphatic rings. The van der Waals surface area contributed by atoms with E-state index in [2.05, 4.69) is 10.4 Å². The molecule has 1 aromatic heterocycles. The van der Waals surface area contributed by atoms with Crippen molar-refractivity contribution in [2.45, 2.75) is 6.92 Å². The van der Waals surface area contributed by atoms with E-state index in [1.54, 1.807) is 23.9 Å². The Hall–Kier alpha value is -1.62. The SMILES string of the molecule is Cc1cc(C(=O)NC/C=C/CN)n(C)n1. The Balaban J connectivity index is 2.54. The van der Waals surface area contributed by atoms with Gasteiger partial charge in [-0.25, -0.2) is 0 Å². The average molecular weight is 208 g/mol. The maximum Gasteiger partial charge on any atom is 0.269 e. The van der Waals surface area contributed by atoms with E-state index in [1.165, 1.54) is 0 Å². The molecule has 1 rings (SSSR count). The van der Waals surface area contributed by atoms with E-state index >= 15 is 0 Å². The second kappa shape index (κ2) is 5.31. The van der Waals surface area contributed by atoms with Gasteiger partial charge in [-0.1, -0.05) is 12.2 Å². The van der Waals surface area contributed by atoms with Crippen LogP contribution in [0.4, 0.5) is 0 Å². The summed E-state index contributed by atoms with van der Waals surface area (Å²) >= 11 is 0. The summed E-state index contributed by atoms with van der Waals surface area (Å²) in [5, 5.41) is 6.84. The first-order valence-corrected chi connectivity index (χ1v) is 4.79. The molecule has 5 nitrogen and oxygen atoms in total. The Labute approximate surface area is 89.0 Å². The molecule has 1 amide bonds. The summed E-state index contributed by atoms with van der Waals surface area (Å²) in [7, 11) is 1.75. The van der Waals surface area contributed by atoms with Crippen molar-refractivity contribution >= 4 is 5.91 Å². The molecule has 0 bridgehead atoms. The Morgan fingerprint density at radius 2 is 2.40 bits per heavy atom. The van der Waals surface area contributed by atoms with Gasteiger partial charge < -0.3 is 11.1 Å². The predicted octanol–water partition coefficient (Wildman–Crippen LogP) is -0.0268. The fourth-order valence-corrected chi connectivity index (χ4v) is 1.24. The van der Waals surface area contributed by atoms with Gasteiger partial charge in [0.05, 0.1) is 5.69 Å². The highest BCUT2D eigenvalue weighted by molar-refractivity contribution is 5.92. The van der Waals surface area contributed by atoms with Gasteiger partial charge >= 0.3 is 0 Å². The maximum absolute atomic E-state index is 11.6. The van der Waals surface area contributed by atoms with Crippen molar-refractivity contribution in [1.29, 1.82) is 0 Å². The van der Waals surface area contributed by atoms with Crippen LogP contribution in [0.25, 0.3) is 0 Å². The molecule has 0 fully saturated rings. The Bertz CT molecular complexity index is 367. The molecule has 82 valence electrons. The number of hydrogen-bond donors (Lipinski definition) is 2. The third kappa shape index (κ3) is 3.21. The minimum atomic E-state index is -0.125. The number of rotatable bonds is 4. The number of aryl methyl sites for hydroxylation is 2. The zero-order valence-electron chi connectivity index (χ0n) is 9.03. The highest BCUT2D eigenvalue weighted by Gasteiger charge is 2.09. The van der Waals surface area contributed by atoms with E-state index in [9.17, 15) is 4.79 Å². The fraction of sp³-hybridized carbons (Fsp3) is 0.400. The first-order chi connectivity index (χ1) is 7.15. The first-order valence-electron chi connectivity index (χ1n) is 4.79. The van der Waals surface area contributed by atoms with Crippen molar-refractivity contribution in [3.05, 3.63) is 29.6 Å². The largest absolute Gasteiger partial charge is 0.347 e. The van der Waals surface area contributed by atoms with Gasteiger partial charge in [0.2, 0.25) is 0 Å². The summed E-state index contributed by atoms with van der Waals surface area (Å²) in [4.78, 5) is 11.6. The number of hydrogen-bond acceptors (Lipinski definition) is 3. The predicted molar refractivity (Wildman–Crippen MR) is 58.5 cm³/mol. The van der Waals surface area contributed by atoms with Crippen molar-refractivity contribution < 1.29 is 4.79 Å². The zero-order chi connectivity index (χ0) is 11.3. The number of nitrogens with two attached hydrogens (primary N) is 1. The number of carbonyl (C=O) groups excluding carboxylic acids is 1. The van der Waals surface area contributed by atoms with Crippen LogP contribution in [0.2, 0.25) is 0 Å². The lowest BCUT2D eigenvalue weighted by Gasteiger charge is -2.01. The highest BCUT2D eigenvalue weighted by Crippen LogP contribution is 2.00. The molecule has 0 unspecified atom stereocenters. The number of amides is 1. The summed E-state index contributed by atoms with van der Waals surface area (Å²) in [5.74, 6) is -0.125. The summed E-state index contributed by atoms with van der Waals surface area (Å²) in [6, 6.07) is 1.75. The van der Waals surface area contributed by atoms with Crippen molar-refractivity contribution in [1.82, 2.24) is 15.1 Å². The number of nitrogens with one attached hydrogen (secondary N) is 1. The number of nitrogens with zero attached hydrogens (tertiary/aromatic N) is 2. The van der Waals surface area contributed by atoms with E-state index in [-0.39, 0.29) is 5.91 Å². The molecule has 5 heteroatoms. The molecule has 0 saturated carbocycles. The van der Waals surface area contributed by atoms with Crippen LogP contribution < -0.4 is 11.1 Å². The minimum absolute atomic E-state index is 0.125. The van der Waals surface area contributed by atoms with Gasteiger partial charge in [0.15, 0.2) is 0 Å².